The fourth-order valence-corrected chi connectivity index (χ4v) is 10.8. The van der Waals surface area contributed by atoms with Gasteiger partial charge in [0.1, 0.15) is 0 Å². The minimum atomic E-state index is 0.0565. The molecule has 2 aliphatic carbocycles. The number of allylic oxidation sites excluding steroid dienone is 7. The summed E-state index contributed by atoms with van der Waals surface area (Å²) >= 11 is 0. The van der Waals surface area contributed by atoms with Crippen LogP contribution in [0.25, 0.3) is 65.3 Å². The van der Waals surface area contributed by atoms with Crippen molar-refractivity contribution in [3.8, 4) is 22.3 Å². The number of anilines is 4. The van der Waals surface area contributed by atoms with E-state index in [-0.39, 0.29) is 10.8 Å². The zero-order valence-electron chi connectivity index (χ0n) is 40.4. The van der Waals surface area contributed by atoms with E-state index in [2.05, 4.69) is 258 Å². The summed E-state index contributed by atoms with van der Waals surface area (Å²) in [5, 5.41) is 9.89. The molecule has 0 radical (unpaired) electrons. The maximum Gasteiger partial charge on any atom is 0.0468 e. The second kappa shape index (κ2) is 17.3. The number of rotatable bonds is 8. The third-order valence-electron chi connectivity index (χ3n) is 14.3. The van der Waals surface area contributed by atoms with E-state index < -0.39 is 0 Å². The lowest BCUT2D eigenvalue weighted by Gasteiger charge is -2.33. The van der Waals surface area contributed by atoms with Gasteiger partial charge < -0.3 is 9.80 Å². The third kappa shape index (κ3) is 7.92. The molecule has 0 bridgehead atoms. The molecule has 0 N–H and O–H groups in total. The Bertz CT molecular complexity index is 3500. The van der Waals surface area contributed by atoms with Gasteiger partial charge >= 0.3 is 0 Å². The fraction of sp³-hybridized carbons (Fsp3) is 0.182. The molecule has 2 nitrogen and oxygen atoms in total. The monoisotopic (exact) mass is 880 g/mol. The van der Waals surface area contributed by atoms with E-state index in [1.54, 1.807) is 0 Å². The molecule has 2 aliphatic rings. The second-order valence-corrected chi connectivity index (χ2v) is 20.8. The van der Waals surface area contributed by atoms with Crippen LogP contribution in [0.15, 0.2) is 223 Å². The summed E-state index contributed by atoms with van der Waals surface area (Å²) in [5.74, 6) is 0. The fourth-order valence-electron chi connectivity index (χ4n) is 10.8. The summed E-state index contributed by atoms with van der Waals surface area (Å²) < 4.78 is 0. The number of hydrogen-bond acceptors (Lipinski definition) is 2. The van der Waals surface area contributed by atoms with E-state index in [0.717, 1.165) is 42.7 Å². The van der Waals surface area contributed by atoms with Gasteiger partial charge in [-0.25, -0.2) is 0 Å². The highest BCUT2D eigenvalue weighted by atomic mass is 15.2. The van der Waals surface area contributed by atoms with Crippen LogP contribution in [-0.2, 0) is 5.41 Å². The molecule has 2 heteroatoms. The minimum Gasteiger partial charge on any atom is -0.314 e. The molecule has 9 aromatic rings. The minimum absolute atomic E-state index is 0.0565. The molecule has 9 aromatic carbocycles. The number of para-hydroxylation sites is 1. The van der Waals surface area contributed by atoms with Crippen LogP contribution in [0.3, 0.4) is 0 Å². The quantitative estimate of drug-likeness (QED) is 0.140. The van der Waals surface area contributed by atoms with Crippen LogP contribution in [0.2, 0.25) is 0 Å². The topological polar surface area (TPSA) is 6.48 Å². The highest BCUT2D eigenvalue weighted by molar-refractivity contribution is 6.26. The predicted molar refractivity (Wildman–Crippen MR) is 295 cm³/mol. The second-order valence-electron chi connectivity index (χ2n) is 20.8. The van der Waals surface area contributed by atoms with Crippen molar-refractivity contribution >= 4 is 65.8 Å². The molecule has 0 spiro atoms. The predicted octanol–water partition coefficient (Wildman–Crippen LogP) is 19.1. The Hall–Kier alpha value is -7.42. The van der Waals surface area contributed by atoms with Gasteiger partial charge in [-0.3, -0.25) is 0 Å². The maximum atomic E-state index is 2.50. The molecule has 0 saturated carbocycles. The zero-order valence-corrected chi connectivity index (χ0v) is 40.4. The van der Waals surface area contributed by atoms with Crippen LogP contribution in [0.5, 0.6) is 0 Å². The van der Waals surface area contributed by atoms with Crippen LogP contribution in [-0.4, -0.2) is 0 Å². The van der Waals surface area contributed by atoms with E-state index in [1.807, 2.05) is 0 Å². The van der Waals surface area contributed by atoms with Crippen molar-refractivity contribution in [1.82, 2.24) is 0 Å². The molecule has 11 rings (SSSR count). The molecule has 0 heterocycles. The SMILES string of the molecule is CC(C)(C)C1=CC=C(N(c2ccccc2)c2ccc3c(-c4cccc5ccccc45)c4cc(N(C5=CCCC=C5)c5ccc(C(C)(C)C)cc5)ccc4c(-c4cccc5ccccc45)c3c2)CC1. The Kier molecular flexibility index (Phi) is 11.0. The first-order valence-electron chi connectivity index (χ1n) is 24.5. The lowest BCUT2D eigenvalue weighted by molar-refractivity contribution is 0.479. The molecule has 0 atom stereocenters. The molecular formula is C66H60N2. The third-order valence-corrected chi connectivity index (χ3v) is 14.3. The van der Waals surface area contributed by atoms with Crippen LogP contribution in [0, 0.1) is 5.41 Å². The molecule has 0 saturated heterocycles. The standard InChI is InChI=1S/C66H60N2/c1-65(2,3)47-31-35-51(36-32-47)67(49-23-9-7-10-24-49)53-39-41-59-61(43-53)63(57-29-17-21-45-19-13-15-27-55(45)57)60-42-40-54(44-62(60)64(59)58-30-18-22-46-20-14-16-28-56(46)58)68(50-25-11-8-12-26-50)52-37-33-48(34-38-52)66(4,5)6/h7,9-11,13-31,33-35,37-44H,8,12,32,36H2,1-6H3. The van der Waals surface area contributed by atoms with Crippen LogP contribution < -0.4 is 9.80 Å². The van der Waals surface area contributed by atoms with E-state index in [1.165, 1.54) is 93.6 Å². The number of fused-ring (bicyclic) bond motifs is 4. The van der Waals surface area contributed by atoms with Crippen LogP contribution in [0.4, 0.5) is 22.7 Å². The average molecular weight is 881 g/mol. The van der Waals surface area contributed by atoms with E-state index in [9.17, 15) is 0 Å². The first-order valence-corrected chi connectivity index (χ1v) is 24.5. The van der Waals surface area contributed by atoms with E-state index in [0.29, 0.717) is 0 Å². The Morgan fingerprint density at radius 1 is 0.397 bits per heavy atom. The zero-order chi connectivity index (χ0) is 46.6. The highest BCUT2D eigenvalue weighted by Gasteiger charge is 2.26. The summed E-state index contributed by atoms with van der Waals surface area (Å²) in [6.45, 7) is 13.9. The molecule has 334 valence electrons. The van der Waals surface area contributed by atoms with Crippen molar-refractivity contribution in [3.63, 3.8) is 0 Å². The molecular weight excluding hydrogens is 821 g/mol. The molecule has 0 unspecified atom stereocenters. The van der Waals surface area contributed by atoms with Crippen molar-refractivity contribution in [2.75, 3.05) is 9.80 Å². The summed E-state index contributed by atoms with van der Waals surface area (Å²) in [4.78, 5) is 4.97. The van der Waals surface area contributed by atoms with Crippen LogP contribution in [0.1, 0.15) is 72.8 Å². The van der Waals surface area contributed by atoms with Crippen molar-refractivity contribution in [2.45, 2.75) is 72.6 Å². The van der Waals surface area contributed by atoms with Gasteiger partial charge in [-0.05, 0) is 168 Å². The number of hydrogen-bond donors (Lipinski definition) is 0. The molecule has 0 aromatic heterocycles. The number of nitrogens with zero attached hydrogens (tertiary/aromatic N) is 2. The van der Waals surface area contributed by atoms with Crippen molar-refractivity contribution in [1.29, 1.82) is 0 Å². The molecule has 0 amide bonds. The summed E-state index contributed by atoms with van der Waals surface area (Å²) in [5.41, 5.74) is 15.1. The molecule has 0 fully saturated rings. The lowest BCUT2D eigenvalue weighted by atomic mass is 9.81. The van der Waals surface area contributed by atoms with Gasteiger partial charge in [-0.15, -0.1) is 0 Å². The van der Waals surface area contributed by atoms with Gasteiger partial charge in [0.2, 0.25) is 0 Å². The largest absolute Gasteiger partial charge is 0.314 e. The molecule has 0 aliphatic heterocycles. The van der Waals surface area contributed by atoms with Gasteiger partial charge in [0.15, 0.2) is 0 Å². The number of benzene rings is 9. The smallest absolute Gasteiger partial charge is 0.0468 e. The summed E-state index contributed by atoms with van der Waals surface area (Å²) in [6.07, 6.45) is 15.8. The summed E-state index contributed by atoms with van der Waals surface area (Å²) in [7, 11) is 0. The normalized spacial score (nSPS) is 14.3. The van der Waals surface area contributed by atoms with Gasteiger partial charge in [0.25, 0.3) is 0 Å². The van der Waals surface area contributed by atoms with Gasteiger partial charge in [0, 0.05) is 34.1 Å². The first kappa shape index (κ1) is 43.2. The lowest BCUT2D eigenvalue weighted by Crippen LogP contribution is -2.20. The Labute approximate surface area is 402 Å². The van der Waals surface area contributed by atoms with Gasteiger partial charge in [-0.2, -0.15) is 0 Å². The van der Waals surface area contributed by atoms with Gasteiger partial charge in [0.05, 0.1) is 0 Å². The van der Waals surface area contributed by atoms with E-state index in [4.69, 9.17) is 0 Å². The molecule has 68 heavy (non-hydrogen) atoms. The Morgan fingerprint density at radius 2 is 0.926 bits per heavy atom. The van der Waals surface area contributed by atoms with Crippen molar-refractivity contribution in [2.24, 2.45) is 5.41 Å². The Balaban J connectivity index is 1.25. The van der Waals surface area contributed by atoms with Crippen molar-refractivity contribution < 1.29 is 0 Å². The Morgan fingerprint density at radius 3 is 1.46 bits per heavy atom. The average Bonchev–Trinajstić information content (AvgIpc) is 3.36. The van der Waals surface area contributed by atoms with Crippen LogP contribution >= 0.6 is 0 Å². The van der Waals surface area contributed by atoms with E-state index >= 15 is 0 Å². The van der Waals surface area contributed by atoms with Crippen molar-refractivity contribution in [3.05, 3.63) is 229 Å². The summed E-state index contributed by atoms with van der Waals surface area (Å²) in [6, 6.07) is 66.2. The highest BCUT2D eigenvalue weighted by Crippen LogP contribution is 2.50. The maximum absolute atomic E-state index is 2.50. The first-order chi connectivity index (χ1) is 33.0. The van der Waals surface area contributed by atoms with Gasteiger partial charge in [-0.1, -0.05) is 193 Å².